The van der Waals surface area contributed by atoms with Gasteiger partial charge in [0.25, 0.3) is 0 Å². The van der Waals surface area contributed by atoms with Crippen molar-refractivity contribution in [3.05, 3.63) is 11.8 Å². The summed E-state index contributed by atoms with van der Waals surface area (Å²) in [6.45, 7) is 1.32. The number of alkyl halides is 3. The first-order chi connectivity index (χ1) is 4.52. The van der Waals surface area contributed by atoms with Crippen molar-refractivity contribution in [3.63, 3.8) is 0 Å². The smallest absolute Gasteiger partial charge is 0.164 e. The van der Waals surface area contributed by atoms with Gasteiger partial charge in [-0.1, -0.05) is 0 Å². The zero-order valence-corrected chi connectivity index (χ0v) is 5.11. The molecule has 2 nitrogen and oxygen atoms in total. The maximum atomic E-state index is 11.8. The molecule has 1 radical (unpaired) electrons. The Kier molecular flexibility index (Phi) is 1.42. The topological polar surface area (TPSA) is 26.5 Å². The van der Waals surface area contributed by atoms with E-state index in [0.29, 0.717) is 0 Å². The van der Waals surface area contributed by atoms with Crippen LogP contribution < -0.4 is 5.43 Å². The van der Waals surface area contributed by atoms with Gasteiger partial charge in [0.05, 0.1) is 6.20 Å². The summed E-state index contributed by atoms with van der Waals surface area (Å²) in [5.41, 5.74) is 2.28. The lowest BCUT2D eigenvalue weighted by molar-refractivity contribution is -0.0582. The van der Waals surface area contributed by atoms with Gasteiger partial charge in [-0.2, -0.15) is 18.6 Å². The second-order valence-corrected chi connectivity index (χ2v) is 1.87. The van der Waals surface area contributed by atoms with E-state index in [1.54, 1.807) is 0 Å². The SMILES string of the molecule is CC1=C[N]N=C1C(F)(F)F. The van der Waals surface area contributed by atoms with Crippen molar-refractivity contribution >= 4 is 5.71 Å². The molecule has 1 aliphatic heterocycles. The van der Waals surface area contributed by atoms with Crippen LogP contribution in [0, 0.1) is 0 Å². The van der Waals surface area contributed by atoms with Crippen molar-refractivity contribution in [2.24, 2.45) is 5.10 Å². The molecule has 0 fully saturated rings. The average Bonchev–Trinajstić information content (AvgIpc) is 2.11. The third-order valence-electron chi connectivity index (χ3n) is 1.05. The van der Waals surface area contributed by atoms with Gasteiger partial charge in [0.2, 0.25) is 0 Å². The van der Waals surface area contributed by atoms with E-state index in [-0.39, 0.29) is 5.57 Å². The van der Waals surface area contributed by atoms with Crippen LogP contribution in [0.2, 0.25) is 0 Å². The zero-order chi connectivity index (χ0) is 7.78. The Bertz CT molecular complexity index is 201. The molecule has 0 unspecified atom stereocenters. The molecule has 0 aromatic heterocycles. The highest BCUT2D eigenvalue weighted by atomic mass is 19.4. The summed E-state index contributed by atoms with van der Waals surface area (Å²) in [5.74, 6) is 0. The fourth-order valence-corrected chi connectivity index (χ4v) is 0.593. The van der Waals surface area contributed by atoms with Gasteiger partial charge in [-0.15, -0.1) is 5.10 Å². The molecule has 0 spiro atoms. The van der Waals surface area contributed by atoms with Crippen LogP contribution >= 0.6 is 0 Å². The van der Waals surface area contributed by atoms with Gasteiger partial charge in [-0.25, -0.2) is 0 Å². The van der Waals surface area contributed by atoms with Crippen molar-refractivity contribution < 1.29 is 13.2 Å². The molecule has 55 valence electrons. The lowest BCUT2D eigenvalue weighted by atomic mass is 10.2. The number of rotatable bonds is 0. The lowest BCUT2D eigenvalue weighted by Gasteiger charge is -2.03. The molecule has 0 aromatic carbocycles. The number of hydrogen-bond donors (Lipinski definition) is 0. The predicted molar refractivity (Wildman–Crippen MR) is 29.4 cm³/mol. The van der Waals surface area contributed by atoms with E-state index >= 15 is 0 Å². The highest BCUT2D eigenvalue weighted by molar-refractivity contribution is 6.04. The Morgan fingerprint density at radius 2 is 2.00 bits per heavy atom. The van der Waals surface area contributed by atoms with Crippen molar-refractivity contribution in [2.45, 2.75) is 13.1 Å². The van der Waals surface area contributed by atoms with Gasteiger partial charge < -0.3 is 0 Å². The molecule has 10 heavy (non-hydrogen) atoms. The van der Waals surface area contributed by atoms with Gasteiger partial charge in [0, 0.05) is 5.57 Å². The lowest BCUT2D eigenvalue weighted by Crippen LogP contribution is -2.22. The third kappa shape index (κ3) is 1.12. The molecule has 0 amide bonds. The molecule has 0 aliphatic carbocycles. The van der Waals surface area contributed by atoms with Crippen LogP contribution in [0.15, 0.2) is 16.9 Å². The van der Waals surface area contributed by atoms with Crippen LogP contribution in [0.5, 0.6) is 0 Å². The summed E-state index contributed by atoms with van der Waals surface area (Å²) in [6.07, 6.45) is -3.27. The molecule has 5 heteroatoms. The van der Waals surface area contributed by atoms with Crippen LogP contribution in [-0.2, 0) is 0 Å². The minimum absolute atomic E-state index is 0.0625. The van der Waals surface area contributed by atoms with E-state index in [1.165, 1.54) is 6.92 Å². The van der Waals surface area contributed by atoms with Gasteiger partial charge in [0.1, 0.15) is 0 Å². The molecule has 1 rings (SSSR count). The number of halogens is 3. The first-order valence-electron chi connectivity index (χ1n) is 2.54. The quantitative estimate of drug-likeness (QED) is 0.498. The van der Waals surface area contributed by atoms with Crippen LogP contribution in [-0.4, -0.2) is 11.9 Å². The van der Waals surface area contributed by atoms with Gasteiger partial charge in [-0.05, 0) is 6.92 Å². The second-order valence-electron chi connectivity index (χ2n) is 1.87. The predicted octanol–water partition coefficient (Wildman–Crippen LogP) is 1.43. The summed E-state index contributed by atoms with van der Waals surface area (Å²) in [6, 6.07) is 0. The van der Waals surface area contributed by atoms with Gasteiger partial charge >= 0.3 is 6.18 Å². The normalized spacial score (nSPS) is 18.0. The fourth-order valence-electron chi connectivity index (χ4n) is 0.593. The van der Waals surface area contributed by atoms with Crippen molar-refractivity contribution in [3.8, 4) is 0 Å². The van der Waals surface area contributed by atoms with Crippen molar-refractivity contribution in [1.82, 2.24) is 5.43 Å². The standard InChI is InChI=1S/C5H4F3N2/c1-3-2-9-10-4(3)5(6,7)8/h2H,1H3. The van der Waals surface area contributed by atoms with Crippen LogP contribution in [0.3, 0.4) is 0 Å². The minimum atomic E-state index is -4.36. The summed E-state index contributed by atoms with van der Waals surface area (Å²) in [5, 5.41) is 2.91. The zero-order valence-electron chi connectivity index (χ0n) is 5.11. The van der Waals surface area contributed by atoms with E-state index in [2.05, 4.69) is 10.5 Å². The molecule has 0 saturated heterocycles. The van der Waals surface area contributed by atoms with Gasteiger partial charge in [0.15, 0.2) is 5.71 Å². The largest absolute Gasteiger partial charge is 0.435 e. The maximum Gasteiger partial charge on any atom is 0.435 e. The Balaban J connectivity index is 2.85. The summed E-state index contributed by atoms with van der Waals surface area (Å²) < 4.78 is 35.3. The molecule has 0 aromatic rings. The summed E-state index contributed by atoms with van der Waals surface area (Å²) in [4.78, 5) is 0. The van der Waals surface area contributed by atoms with E-state index < -0.39 is 11.9 Å². The average molecular weight is 149 g/mol. The number of hydrogen-bond acceptors (Lipinski definition) is 1. The molecule has 1 aliphatic rings. The van der Waals surface area contributed by atoms with Crippen LogP contribution in [0.4, 0.5) is 13.2 Å². The van der Waals surface area contributed by atoms with E-state index in [1.807, 2.05) is 0 Å². The molecule has 0 atom stereocenters. The molecular weight excluding hydrogens is 145 g/mol. The Morgan fingerprint density at radius 1 is 1.40 bits per heavy atom. The first kappa shape index (κ1) is 7.11. The third-order valence-corrected chi connectivity index (χ3v) is 1.05. The molecule has 0 saturated carbocycles. The van der Waals surface area contributed by atoms with Crippen molar-refractivity contribution in [1.29, 1.82) is 0 Å². The highest BCUT2D eigenvalue weighted by Crippen LogP contribution is 2.23. The first-order valence-corrected chi connectivity index (χ1v) is 2.54. The number of nitrogens with zero attached hydrogens (tertiary/aromatic N) is 2. The summed E-state index contributed by atoms with van der Waals surface area (Å²) in [7, 11) is 0. The number of allylic oxidation sites excluding steroid dienone is 1. The van der Waals surface area contributed by atoms with Gasteiger partial charge in [-0.3, -0.25) is 0 Å². The molecule has 0 bridgehead atoms. The fraction of sp³-hybridized carbons (Fsp3) is 0.400. The van der Waals surface area contributed by atoms with Crippen LogP contribution in [0.1, 0.15) is 6.92 Å². The summed E-state index contributed by atoms with van der Waals surface area (Å²) >= 11 is 0. The highest BCUT2D eigenvalue weighted by Gasteiger charge is 2.38. The van der Waals surface area contributed by atoms with E-state index in [0.717, 1.165) is 6.20 Å². The second kappa shape index (κ2) is 2.00. The Hall–Kier alpha value is -1.00. The van der Waals surface area contributed by atoms with E-state index in [9.17, 15) is 13.2 Å². The Labute approximate surface area is 55.4 Å². The monoisotopic (exact) mass is 149 g/mol. The van der Waals surface area contributed by atoms with E-state index in [4.69, 9.17) is 0 Å². The van der Waals surface area contributed by atoms with Crippen molar-refractivity contribution in [2.75, 3.05) is 0 Å². The minimum Gasteiger partial charge on any atom is -0.164 e. The molecule has 1 heterocycles. The molecule has 0 N–H and O–H groups in total. The van der Waals surface area contributed by atoms with Crippen LogP contribution in [0.25, 0.3) is 0 Å². The molecular formula is C5H4F3N2. The Morgan fingerprint density at radius 3 is 2.20 bits per heavy atom. The maximum absolute atomic E-state index is 11.8.